The van der Waals surface area contributed by atoms with E-state index in [4.69, 9.17) is 11.6 Å². The maximum absolute atomic E-state index is 12.6. The van der Waals surface area contributed by atoms with E-state index in [9.17, 15) is 9.18 Å². The Balaban J connectivity index is 2.64. The van der Waals surface area contributed by atoms with Crippen LogP contribution < -0.4 is 5.32 Å². The summed E-state index contributed by atoms with van der Waals surface area (Å²) in [6, 6.07) is 1.38. The molecule has 1 heterocycles. The molecule has 0 aromatic carbocycles. The first kappa shape index (κ1) is 11.5. The Morgan fingerprint density at radius 2 is 2.47 bits per heavy atom. The van der Waals surface area contributed by atoms with E-state index in [1.165, 1.54) is 19.2 Å². The number of amides is 1. The summed E-state index contributed by atoms with van der Waals surface area (Å²) < 4.78 is 12.6. The molecule has 0 saturated heterocycles. The van der Waals surface area contributed by atoms with Crippen LogP contribution in [0.1, 0.15) is 12.5 Å². The molecule has 0 unspecified atom stereocenters. The van der Waals surface area contributed by atoms with E-state index in [2.05, 4.69) is 22.1 Å². The van der Waals surface area contributed by atoms with Crippen molar-refractivity contribution in [3.8, 4) is 11.8 Å². The van der Waals surface area contributed by atoms with Gasteiger partial charge >= 0.3 is 0 Å². The van der Waals surface area contributed by atoms with Gasteiger partial charge < -0.3 is 5.32 Å². The lowest BCUT2D eigenvalue weighted by atomic mass is 10.3. The summed E-state index contributed by atoms with van der Waals surface area (Å²) >= 11 is 5.50. The van der Waals surface area contributed by atoms with Crippen molar-refractivity contribution in [2.75, 3.05) is 6.54 Å². The first-order valence-corrected chi connectivity index (χ1v) is 4.51. The maximum atomic E-state index is 12.6. The molecule has 0 fully saturated rings. The number of carbonyl (C=O) groups is 1. The second kappa shape index (κ2) is 5.32. The lowest BCUT2D eigenvalue weighted by Crippen LogP contribution is -2.19. The molecule has 0 aliphatic heterocycles. The van der Waals surface area contributed by atoms with Crippen LogP contribution in [0.5, 0.6) is 0 Å². The highest BCUT2D eigenvalue weighted by Crippen LogP contribution is 2.12. The minimum absolute atomic E-state index is 0.0682. The molecular formula is C10H8ClFN2O. The number of pyridine rings is 1. The summed E-state index contributed by atoms with van der Waals surface area (Å²) in [5.41, 5.74) is 0.506. The number of carbonyl (C=O) groups excluding carboxylic acids is 1. The van der Waals surface area contributed by atoms with Gasteiger partial charge in [-0.05, 0) is 6.07 Å². The van der Waals surface area contributed by atoms with Crippen molar-refractivity contribution in [2.45, 2.75) is 6.92 Å². The third-order valence-electron chi connectivity index (χ3n) is 1.45. The molecule has 0 radical (unpaired) electrons. The molecule has 3 nitrogen and oxygen atoms in total. The normalized spacial score (nSPS) is 9.00. The molecular weight excluding hydrogens is 219 g/mol. The Labute approximate surface area is 91.7 Å². The van der Waals surface area contributed by atoms with E-state index in [0.717, 1.165) is 0 Å². The molecule has 78 valence electrons. The van der Waals surface area contributed by atoms with Crippen LogP contribution in [0.2, 0.25) is 5.02 Å². The molecule has 15 heavy (non-hydrogen) atoms. The minimum atomic E-state index is -0.718. The molecule has 0 saturated carbocycles. The zero-order chi connectivity index (χ0) is 11.3. The molecule has 0 spiro atoms. The SMILES string of the molecule is CC(=O)NCC#Cc1cnc(F)c(Cl)c1. The second-order valence-electron chi connectivity index (χ2n) is 2.71. The van der Waals surface area contributed by atoms with Crippen LogP contribution in [0.15, 0.2) is 12.3 Å². The van der Waals surface area contributed by atoms with Crippen molar-refractivity contribution >= 4 is 17.5 Å². The Morgan fingerprint density at radius 3 is 3.07 bits per heavy atom. The second-order valence-corrected chi connectivity index (χ2v) is 3.12. The van der Waals surface area contributed by atoms with Crippen molar-refractivity contribution in [3.63, 3.8) is 0 Å². The summed E-state index contributed by atoms with van der Waals surface area (Å²) in [7, 11) is 0. The predicted molar refractivity (Wildman–Crippen MR) is 54.8 cm³/mol. The maximum Gasteiger partial charge on any atom is 0.231 e. The molecule has 0 aliphatic rings. The van der Waals surface area contributed by atoms with E-state index in [-0.39, 0.29) is 17.5 Å². The number of hydrogen-bond donors (Lipinski definition) is 1. The number of nitrogens with one attached hydrogen (secondary N) is 1. The molecule has 5 heteroatoms. The Bertz CT molecular complexity index is 437. The van der Waals surface area contributed by atoms with Crippen molar-refractivity contribution < 1.29 is 9.18 Å². The van der Waals surface area contributed by atoms with E-state index >= 15 is 0 Å². The Hall–Kier alpha value is -1.60. The van der Waals surface area contributed by atoms with Gasteiger partial charge in [0.25, 0.3) is 0 Å². The zero-order valence-corrected chi connectivity index (χ0v) is 8.73. The number of rotatable bonds is 1. The number of aromatic nitrogens is 1. The summed E-state index contributed by atoms with van der Waals surface area (Å²) in [5, 5.41) is 2.43. The third-order valence-corrected chi connectivity index (χ3v) is 1.72. The van der Waals surface area contributed by atoms with Crippen LogP contribution in [0, 0.1) is 17.8 Å². The van der Waals surface area contributed by atoms with E-state index < -0.39 is 5.95 Å². The van der Waals surface area contributed by atoms with Crippen molar-refractivity contribution in [1.29, 1.82) is 0 Å². The standard InChI is InChI=1S/C10H8ClFN2O/c1-7(15)13-4-2-3-8-5-9(11)10(12)14-6-8/h5-6H,4H2,1H3,(H,13,15). The van der Waals surface area contributed by atoms with Crippen LogP contribution in [0.3, 0.4) is 0 Å². The lowest BCUT2D eigenvalue weighted by molar-refractivity contribution is -0.118. The fourth-order valence-electron chi connectivity index (χ4n) is 0.805. The van der Waals surface area contributed by atoms with Gasteiger partial charge in [-0.1, -0.05) is 23.4 Å². The van der Waals surface area contributed by atoms with Gasteiger partial charge in [0.1, 0.15) is 0 Å². The van der Waals surface area contributed by atoms with Gasteiger partial charge in [-0.2, -0.15) is 4.39 Å². The molecule has 1 rings (SSSR count). The highest BCUT2D eigenvalue weighted by atomic mass is 35.5. The summed E-state index contributed by atoms with van der Waals surface area (Å²) in [4.78, 5) is 13.9. The van der Waals surface area contributed by atoms with Gasteiger partial charge in [0.15, 0.2) is 0 Å². The summed E-state index contributed by atoms with van der Waals surface area (Å²) in [5.74, 6) is 4.49. The van der Waals surface area contributed by atoms with Crippen LogP contribution in [0.4, 0.5) is 4.39 Å². The average Bonchev–Trinajstić information content (AvgIpc) is 2.18. The summed E-state index contributed by atoms with van der Waals surface area (Å²) in [6.07, 6.45) is 1.28. The molecule has 1 amide bonds. The topological polar surface area (TPSA) is 42.0 Å². The average molecular weight is 227 g/mol. The first-order chi connectivity index (χ1) is 7.09. The van der Waals surface area contributed by atoms with Crippen molar-refractivity contribution in [1.82, 2.24) is 10.3 Å². The van der Waals surface area contributed by atoms with E-state index in [0.29, 0.717) is 5.56 Å². The minimum Gasteiger partial charge on any atom is -0.345 e. The molecule has 1 aromatic rings. The van der Waals surface area contributed by atoms with Gasteiger partial charge in [0.2, 0.25) is 11.9 Å². The van der Waals surface area contributed by atoms with Crippen LogP contribution in [-0.4, -0.2) is 17.4 Å². The first-order valence-electron chi connectivity index (χ1n) is 4.14. The largest absolute Gasteiger partial charge is 0.345 e. The zero-order valence-electron chi connectivity index (χ0n) is 7.97. The Kier molecular flexibility index (Phi) is 4.07. The molecule has 0 bridgehead atoms. The highest BCUT2D eigenvalue weighted by Gasteiger charge is 1.99. The van der Waals surface area contributed by atoms with Gasteiger partial charge in [0.05, 0.1) is 11.6 Å². The van der Waals surface area contributed by atoms with Crippen LogP contribution in [-0.2, 0) is 4.79 Å². The number of halogens is 2. The lowest BCUT2D eigenvalue weighted by Gasteiger charge is -1.94. The monoisotopic (exact) mass is 226 g/mol. The van der Waals surface area contributed by atoms with Crippen molar-refractivity contribution in [2.24, 2.45) is 0 Å². The van der Waals surface area contributed by atoms with Crippen LogP contribution >= 0.6 is 11.6 Å². The van der Waals surface area contributed by atoms with Gasteiger partial charge in [-0.25, -0.2) is 4.98 Å². The fourth-order valence-corrected chi connectivity index (χ4v) is 0.971. The quantitative estimate of drug-likeness (QED) is 0.580. The summed E-state index contributed by atoms with van der Waals surface area (Å²) in [6.45, 7) is 1.64. The van der Waals surface area contributed by atoms with E-state index in [1.54, 1.807) is 0 Å². The Morgan fingerprint density at radius 1 is 1.73 bits per heavy atom. The van der Waals surface area contributed by atoms with Gasteiger partial charge in [-0.3, -0.25) is 4.79 Å². The van der Waals surface area contributed by atoms with Gasteiger partial charge in [-0.15, -0.1) is 0 Å². The molecule has 0 atom stereocenters. The van der Waals surface area contributed by atoms with Crippen molar-refractivity contribution in [3.05, 3.63) is 28.8 Å². The smallest absolute Gasteiger partial charge is 0.231 e. The van der Waals surface area contributed by atoms with E-state index in [1.807, 2.05) is 0 Å². The fraction of sp³-hybridized carbons (Fsp3) is 0.200. The highest BCUT2D eigenvalue weighted by molar-refractivity contribution is 6.30. The molecule has 1 N–H and O–H groups in total. The molecule has 0 aliphatic carbocycles. The number of hydrogen-bond acceptors (Lipinski definition) is 2. The third kappa shape index (κ3) is 3.96. The molecule has 1 aromatic heterocycles. The van der Waals surface area contributed by atoms with Crippen LogP contribution in [0.25, 0.3) is 0 Å². The van der Waals surface area contributed by atoms with Gasteiger partial charge in [0, 0.05) is 18.7 Å². The number of nitrogens with zero attached hydrogens (tertiary/aromatic N) is 1. The predicted octanol–water partition coefficient (Wildman–Crippen LogP) is 1.36.